The van der Waals surface area contributed by atoms with E-state index in [9.17, 15) is 0 Å². The predicted molar refractivity (Wildman–Crippen MR) is 88.2 cm³/mol. The molecule has 0 aliphatic heterocycles. The van der Waals surface area contributed by atoms with Crippen LogP contribution in [0.3, 0.4) is 0 Å². The summed E-state index contributed by atoms with van der Waals surface area (Å²) in [4.78, 5) is 0. The van der Waals surface area contributed by atoms with E-state index in [2.05, 4.69) is 26.1 Å². The van der Waals surface area contributed by atoms with Crippen LogP contribution < -0.4 is 5.32 Å². The second kappa shape index (κ2) is 9.78. The maximum Gasteiger partial charge on any atom is 0.0462 e. The Morgan fingerprint density at radius 1 is 1.20 bits per heavy atom. The van der Waals surface area contributed by atoms with Gasteiger partial charge in [-0.25, -0.2) is 0 Å². The van der Waals surface area contributed by atoms with Gasteiger partial charge in [-0.1, -0.05) is 40.0 Å². The lowest BCUT2D eigenvalue weighted by Crippen LogP contribution is -2.40. The van der Waals surface area contributed by atoms with Crippen molar-refractivity contribution in [3.63, 3.8) is 0 Å². The summed E-state index contributed by atoms with van der Waals surface area (Å²) in [6.45, 7) is 8.95. The lowest BCUT2D eigenvalue weighted by Gasteiger charge is -2.41. The zero-order chi connectivity index (χ0) is 14.8. The monoisotopic (exact) mass is 283 g/mol. The highest BCUT2D eigenvalue weighted by atomic mass is 16.5. The standard InChI is InChI=1S/C18H37NO/c1-5-6-8-17-9-12-18(13-10-17,11-7-14-20-4)15-19-16(2)3/h16-17,19H,5-15H2,1-4H3. The summed E-state index contributed by atoms with van der Waals surface area (Å²) in [6, 6.07) is 0.604. The van der Waals surface area contributed by atoms with E-state index in [-0.39, 0.29) is 0 Å². The van der Waals surface area contributed by atoms with Crippen LogP contribution in [-0.4, -0.2) is 26.3 Å². The summed E-state index contributed by atoms with van der Waals surface area (Å²) < 4.78 is 5.26. The van der Waals surface area contributed by atoms with E-state index in [1.807, 2.05) is 7.11 Å². The van der Waals surface area contributed by atoms with E-state index >= 15 is 0 Å². The number of hydrogen-bond donors (Lipinski definition) is 1. The molecular weight excluding hydrogens is 246 g/mol. The van der Waals surface area contributed by atoms with Crippen molar-refractivity contribution in [1.29, 1.82) is 0 Å². The Bertz CT molecular complexity index is 232. The van der Waals surface area contributed by atoms with Crippen LogP contribution in [0.25, 0.3) is 0 Å². The smallest absolute Gasteiger partial charge is 0.0462 e. The van der Waals surface area contributed by atoms with Crippen LogP contribution in [0.5, 0.6) is 0 Å². The van der Waals surface area contributed by atoms with E-state index in [1.54, 1.807) is 0 Å². The molecule has 0 radical (unpaired) electrons. The van der Waals surface area contributed by atoms with Crippen LogP contribution in [0, 0.1) is 11.3 Å². The van der Waals surface area contributed by atoms with Gasteiger partial charge in [-0.15, -0.1) is 0 Å². The van der Waals surface area contributed by atoms with Crippen molar-refractivity contribution in [1.82, 2.24) is 5.32 Å². The first kappa shape index (κ1) is 18.0. The Balaban J connectivity index is 2.43. The first-order chi connectivity index (χ1) is 9.62. The molecule has 0 atom stereocenters. The van der Waals surface area contributed by atoms with Gasteiger partial charge < -0.3 is 10.1 Å². The van der Waals surface area contributed by atoms with Crippen LogP contribution in [0.1, 0.15) is 78.6 Å². The quantitative estimate of drug-likeness (QED) is 0.583. The molecule has 2 heteroatoms. The second-order valence-corrected chi connectivity index (χ2v) is 7.22. The minimum atomic E-state index is 0.547. The lowest BCUT2D eigenvalue weighted by atomic mass is 9.67. The Hall–Kier alpha value is -0.0800. The fraction of sp³-hybridized carbons (Fsp3) is 1.00. The molecule has 0 aromatic carbocycles. The molecule has 2 nitrogen and oxygen atoms in total. The molecule has 1 aliphatic rings. The maximum absolute atomic E-state index is 5.26. The number of unbranched alkanes of at least 4 members (excludes halogenated alkanes) is 1. The molecule has 120 valence electrons. The third-order valence-electron chi connectivity index (χ3n) is 5.07. The normalized spacial score (nSPS) is 27.1. The highest BCUT2D eigenvalue weighted by molar-refractivity contribution is 4.88. The van der Waals surface area contributed by atoms with Crippen molar-refractivity contribution < 1.29 is 4.74 Å². The molecule has 0 saturated heterocycles. The lowest BCUT2D eigenvalue weighted by molar-refractivity contribution is 0.104. The zero-order valence-corrected chi connectivity index (χ0v) is 14.3. The minimum Gasteiger partial charge on any atom is -0.385 e. The molecule has 0 spiro atoms. The molecule has 0 aromatic heterocycles. The molecule has 0 heterocycles. The highest BCUT2D eigenvalue weighted by Gasteiger charge is 2.34. The van der Waals surface area contributed by atoms with Gasteiger partial charge in [0.15, 0.2) is 0 Å². The summed E-state index contributed by atoms with van der Waals surface area (Å²) in [5, 5.41) is 3.70. The average Bonchev–Trinajstić information content (AvgIpc) is 2.45. The number of ether oxygens (including phenoxy) is 1. The maximum atomic E-state index is 5.26. The Morgan fingerprint density at radius 3 is 2.45 bits per heavy atom. The van der Waals surface area contributed by atoms with E-state index in [1.165, 1.54) is 64.3 Å². The number of methoxy groups -OCH3 is 1. The van der Waals surface area contributed by atoms with Gasteiger partial charge in [0.25, 0.3) is 0 Å². The van der Waals surface area contributed by atoms with Gasteiger partial charge in [0, 0.05) is 26.3 Å². The molecule has 1 saturated carbocycles. The number of rotatable bonds is 10. The molecule has 1 rings (SSSR count). The van der Waals surface area contributed by atoms with E-state index in [4.69, 9.17) is 4.74 Å². The Morgan fingerprint density at radius 2 is 1.90 bits per heavy atom. The van der Waals surface area contributed by atoms with Crippen LogP contribution in [0.15, 0.2) is 0 Å². The Labute approximate surface area is 127 Å². The second-order valence-electron chi connectivity index (χ2n) is 7.22. The van der Waals surface area contributed by atoms with Crippen LogP contribution >= 0.6 is 0 Å². The fourth-order valence-corrected chi connectivity index (χ4v) is 3.60. The van der Waals surface area contributed by atoms with Crippen molar-refractivity contribution >= 4 is 0 Å². The molecule has 0 amide bonds. The van der Waals surface area contributed by atoms with E-state index in [0.29, 0.717) is 11.5 Å². The number of hydrogen-bond acceptors (Lipinski definition) is 2. The fourth-order valence-electron chi connectivity index (χ4n) is 3.60. The summed E-state index contributed by atoms with van der Waals surface area (Å²) in [5.74, 6) is 1.00. The number of nitrogens with one attached hydrogen (secondary N) is 1. The molecule has 1 fully saturated rings. The minimum absolute atomic E-state index is 0.547. The summed E-state index contributed by atoms with van der Waals surface area (Å²) in [6.07, 6.45) is 12.5. The van der Waals surface area contributed by atoms with Gasteiger partial charge >= 0.3 is 0 Å². The molecule has 20 heavy (non-hydrogen) atoms. The van der Waals surface area contributed by atoms with Crippen molar-refractivity contribution in [2.45, 2.75) is 84.6 Å². The third kappa shape index (κ3) is 6.58. The van der Waals surface area contributed by atoms with E-state index < -0.39 is 0 Å². The Kier molecular flexibility index (Phi) is 8.79. The average molecular weight is 284 g/mol. The summed E-state index contributed by atoms with van der Waals surface area (Å²) in [7, 11) is 1.82. The molecule has 0 bridgehead atoms. The predicted octanol–water partition coefficient (Wildman–Crippen LogP) is 4.78. The summed E-state index contributed by atoms with van der Waals surface area (Å²) >= 11 is 0. The largest absolute Gasteiger partial charge is 0.385 e. The molecule has 0 aromatic rings. The van der Waals surface area contributed by atoms with Gasteiger partial charge in [-0.05, 0) is 49.9 Å². The first-order valence-corrected chi connectivity index (χ1v) is 8.84. The first-order valence-electron chi connectivity index (χ1n) is 8.84. The topological polar surface area (TPSA) is 21.3 Å². The molecular formula is C18H37NO. The van der Waals surface area contributed by atoms with Crippen LogP contribution in [-0.2, 0) is 4.74 Å². The van der Waals surface area contributed by atoms with Crippen LogP contribution in [0.2, 0.25) is 0 Å². The highest BCUT2D eigenvalue weighted by Crippen LogP contribution is 2.43. The molecule has 1 aliphatic carbocycles. The SMILES string of the molecule is CCCCC1CCC(CCCOC)(CNC(C)C)CC1. The van der Waals surface area contributed by atoms with Crippen molar-refractivity contribution in [3.05, 3.63) is 0 Å². The molecule has 0 unspecified atom stereocenters. The van der Waals surface area contributed by atoms with Crippen LogP contribution in [0.4, 0.5) is 0 Å². The van der Waals surface area contributed by atoms with E-state index in [0.717, 1.165) is 12.5 Å². The summed E-state index contributed by atoms with van der Waals surface area (Å²) in [5.41, 5.74) is 0.547. The zero-order valence-electron chi connectivity index (χ0n) is 14.3. The van der Waals surface area contributed by atoms with Gasteiger partial charge in [-0.2, -0.15) is 0 Å². The third-order valence-corrected chi connectivity index (χ3v) is 5.07. The van der Waals surface area contributed by atoms with Gasteiger partial charge in [0.05, 0.1) is 0 Å². The van der Waals surface area contributed by atoms with Crippen molar-refractivity contribution in [2.24, 2.45) is 11.3 Å². The van der Waals surface area contributed by atoms with Gasteiger partial charge in [0.1, 0.15) is 0 Å². The van der Waals surface area contributed by atoms with Crippen molar-refractivity contribution in [2.75, 3.05) is 20.3 Å². The van der Waals surface area contributed by atoms with Gasteiger partial charge in [0.2, 0.25) is 0 Å². The van der Waals surface area contributed by atoms with Crippen molar-refractivity contribution in [3.8, 4) is 0 Å². The molecule has 1 N–H and O–H groups in total. The van der Waals surface area contributed by atoms with Gasteiger partial charge in [-0.3, -0.25) is 0 Å².